The molecule has 0 radical (unpaired) electrons. The number of H-pyrrole nitrogens is 1. The highest BCUT2D eigenvalue weighted by Crippen LogP contribution is 2.18. The zero-order valence-electron chi connectivity index (χ0n) is 14.9. The maximum Gasteiger partial charge on any atom is 0.251 e. The van der Waals surface area contributed by atoms with Crippen LogP contribution in [0.5, 0.6) is 0 Å². The Morgan fingerprint density at radius 1 is 1.28 bits per heavy atom. The van der Waals surface area contributed by atoms with E-state index in [1.807, 2.05) is 17.0 Å². The van der Waals surface area contributed by atoms with Crippen molar-refractivity contribution in [1.82, 2.24) is 20.2 Å². The van der Waals surface area contributed by atoms with E-state index in [2.05, 4.69) is 29.1 Å². The maximum absolute atomic E-state index is 12.5. The number of nitrogens with one attached hydrogen (secondary N) is 2. The normalized spacial score (nSPS) is 15.7. The number of imidazole rings is 1. The van der Waals surface area contributed by atoms with Gasteiger partial charge in [-0.05, 0) is 43.9 Å². The van der Waals surface area contributed by atoms with E-state index in [9.17, 15) is 9.59 Å². The smallest absolute Gasteiger partial charge is 0.251 e. The molecule has 1 aliphatic rings. The number of rotatable bonds is 5. The molecule has 0 aliphatic carbocycles. The molecule has 25 heavy (non-hydrogen) atoms. The fourth-order valence-corrected chi connectivity index (χ4v) is 3.49. The van der Waals surface area contributed by atoms with Crippen LogP contribution in [0.15, 0.2) is 24.5 Å². The van der Waals surface area contributed by atoms with Crippen LogP contribution in [0, 0.1) is 5.92 Å². The predicted molar refractivity (Wildman–Crippen MR) is 97.2 cm³/mol. The second-order valence-corrected chi connectivity index (χ2v) is 6.72. The Balaban J connectivity index is 1.54. The van der Waals surface area contributed by atoms with Crippen LogP contribution in [-0.2, 0) is 4.79 Å². The lowest BCUT2D eigenvalue weighted by Gasteiger charge is -2.34. The highest BCUT2D eigenvalue weighted by atomic mass is 16.2. The van der Waals surface area contributed by atoms with Crippen molar-refractivity contribution in [2.24, 2.45) is 5.92 Å². The molecule has 2 heterocycles. The lowest BCUT2D eigenvalue weighted by Crippen LogP contribution is -2.48. The average Bonchev–Trinajstić information content (AvgIpc) is 3.11. The summed E-state index contributed by atoms with van der Waals surface area (Å²) in [5.74, 6) is 0.327. The summed E-state index contributed by atoms with van der Waals surface area (Å²) in [6.07, 6.45) is 5.02. The first-order chi connectivity index (χ1) is 12.1. The summed E-state index contributed by atoms with van der Waals surface area (Å²) < 4.78 is 0. The van der Waals surface area contributed by atoms with Crippen LogP contribution in [-0.4, -0.2) is 45.8 Å². The molecule has 0 saturated carbocycles. The Labute approximate surface area is 148 Å². The molecule has 1 aliphatic heterocycles. The number of aromatic amines is 1. The Kier molecular flexibility index (Phi) is 5.36. The summed E-state index contributed by atoms with van der Waals surface area (Å²) in [4.78, 5) is 34.0. The van der Waals surface area contributed by atoms with E-state index in [0.717, 1.165) is 49.8 Å². The molecule has 1 aromatic heterocycles. The molecule has 2 aromatic rings. The van der Waals surface area contributed by atoms with Gasteiger partial charge in [0.2, 0.25) is 5.91 Å². The summed E-state index contributed by atoms with van der Waals surface area (Å²) in [5.41, 5.74) is 2.34. The lowest BCUT2D eigenvalue weighted by atomic mass is 9.98. The van der Waals surface area contributed by atoms with Gasteiger partial charge in [0, 0.05) is 30.6 Å². The number of benzene rings is 1. The number of carbonyl (C=O) groups excluding carboxylic acids is 2. The third-order valence-corrected chi connectivity index (χ3v) is 5.16. The number of nitrogens with zero attached hydrogens (tertiary/aromatic N) is 2. The number of carbonyl (C=O) groups is 2. The number of aromatic nitrogens is 2. The molecule has 6 heteroatoms. The standard InChI is InChI=1S/C19H26N4O2/c1-3-13(4-2)19(25)23-9-7-15(8-10-23)22-18(24)14-5-6-16-17(11-14)21-12-20-16/h5-6,11-13,15H,3-4,7-10H2,1-2H3,(H,20,21)(H,22,24). The molecular weight excluding hydrogens is 316 g/mol. The average molecular weight is 342 g/mol. The molecule has 0 unspecified atom stereocenters. The van der Waals surface area contributed by atoms with E-state index in [1.54, 1.807) is 12.4 Å². The van der Waals surface area contributed by atoms with Gasteiger partial charge in [0.25, 0.3) is 5.91 Å². The largest absolute Gasteiger partial charge is 0.349 e. The minimum atomic E-state index is -0.0683. The summed E-state index contributed by atoms with van der Waals surface area (Å²) >= 11 is 0. The first-order valence-corrected chi connectivity index (χ1v) is 9.15. The van der Waals surface area contributed by atoms with E-state index >= 15 is 0 Å². The van der Waals surface area contributed by atoms with Crippen molar-refractivity contribution in [1.29, 1.82) is 0 Å². The van der Waals surface area contributed by atoms with Crippen LogP contribution in [0.1, 0.15) is 49.9 Å². The quantitative estimate of drug-likeness (QED) is 0.877. The monoisotopic (exact) mass is 342 g/mol. The summed E-state index contributed by atoms with van der Waals surface area (Å²) in [7, 11) is 0. The first kappa shape index (κ1) is 17.5. The van der Waals surface area contributed by atoms with Gasteiger partial charge in [-0.3, -0.25) is 9.59 Å². The molecule has 2 N–H and O–H groups in total. The highest BCUT2D eigenvalue weighted by molar-refractivity contribution is 5.97. The first-order valence-electron chi connectivity index (χ1n) is 9.15. The number of fused-ring (bicyclic) bond motifs is 1. The zero-order chi connectivity index (χ0) is 17.8. The van der Waals surface area contributed by atoms with Crippen molar-refractivity contribution in [2.75, 3.05) is 13.1 Å². The van der Waals surface area contributed by atoms with Gasteiger partial charge in [0.05, 0.1) is 17.4 Å². The van der Waals surface area contributed by atoms with Crippen LogP contribution in [0.4, 0.5) is 0 Å². The lowest BCUT2D eigenvalue weighted by molar-refractivity contribution is -0.136. The molecule has 2 amide bonds. The number of hydrogen-bond acceptors (Lipinski definition) is 3. The van der Waals surface area contributed by atoms with Crippen LogP contribution >= 0.6 is 0 Å². The number of piperidine rings is 1. The zero-order valence-corrected chi connectivity index (χ0v) is 14.9. The number of amides is 2. The molecule has 3 rings (SSSR count). The SMILES string of the molecule is CCC(CC)C(=O)N1CCC(NC(=O)c2ccc3nc[nH]c3c2)CC1. The Bertz CT molecular complexity index is 743. The Morgan fingerprint density at radius 2 is 2.00 bits per heavy atom. The van der Waals surface area contributed by atoms with Crippen molar-refractivity contribution < 1.29 is 9.59 Å². The van der Waals surface area contributed by atoms with Gasteiger partial charge in [-0.2, -0.15) is 0 Å². The fourth-order valence-electron chi connectivity index (χ4n) is 3.49. The van der Waals surface area contributed by atoms with E-state index in [-0.39, 0.29) is 23.8 Å². The number of likely N-dealkylation sites (tertiary alicyclic amines) is 1. The third kappa shape index (κ3) is 3.83. The molecule has 134 valence electrons. The van der Waals surface area contributed by atoms with Gasteiger partial charge in [0.15, 0.2) is 0 Å². The highest BCUT2D eigenvalue weighted by Gasteiger charge is 2.27. The van der Waals surface area contributed by atoms with Crippen molar-refractivity contribution in [3.63, 3.8) is 0 Å². The molecule has 6 nitrogen and oxygen atoms in total. The van der Waals surface area contributed by atoms with Gasteiger partial charge >= 0.3 is 0 Å². The second kappa shape index (κ2) is 7.68. The van der Waals surface area contributed by atoms with Crippen LogP contribution < -0.4 is 5.32 Å². The van der Waals surface area contributed by atoms with E-state index in [4.69, 9.17) is 0 Å². The van der Waals surface area contributed by atoms with Gasteiger partial charge in [0.1, 0.15) is 0 Å². The van der Waals surface area contributed by atoms with Crippen molar-refractivity contribution in [2.45, 2.75) is 45.6 Å². The summed E-state index contributed by atoms with van der Waals surface area (Å²) in [6, 6.07) is 5.58. The summed E-state index contributed by atoms with van der Waals surface area (Å²) in [6.45, 7) is 5.57. The van der Waals surface area contributed by atoms with E-state index < -0.39 is 0 Å². The topological polar surface area (TPSA) is 78.1 Å². The molecule has 0 spiro atoms. The second-order valence-electron chi connectivity index (χ2n) is 6.72. The molecule has 1 saturated heterocycles. The predicted octanol–water partition coefficient (Wildman–Crippen LogP) is 2.72. The van der Waals surface area contributed by atoms with Crippen LogP contribution in [0.2, 0.25) is 0 Å². The molecule has 0 atom stereocenters. The minimum absolute atomic E-state index is 0.0683. The Hall–Kier alpha value is -2.37. The van der Waals surface area contributed by atoms with Gasteiger partial charge in [-0.15, -0.1) is 0 Å². The molecule has 0 bridgehead atoms. The number of hydrogen-bond donors (Lipinski definition) is 2. The molecular formula is C19H26N4O2. The van der Waals surface area contributed by atoms with Crippen molar-refractivity contribution >= 4 is 22.8 Å². The molecule has 1 aromatic carbocycles. The minimum Gasteiger partial charge on any atom is -0.349 e. The van der Waals surface area contributed by atoms with E-state index in [0.29, 0.717) is 5.56 Å². The third-order valence-electron chi connectivity index (χ3n) is 5.16. The van der Waals surface area contributed by atoms with Gasteiger partial charge in [-0.25, -0.2) is 4.98 Å². The maximum atomic E-state index is 12.5. The van der Waals surface area contributed by atoms with Gasteiger partial charge < -0.3 is 15.2 Å². The Morgan fingerprint density at radius 3 is 2.68 bits per heavy atom. The van der Waals surface area contributed by atoms with Gasteiger partial charge in [-0.1, -0.05) is 13.8 Å². The van der Waals surface area contributed by atoms with Crippen molar-refractivity contribution in [3.8, 4) is 0 Å². The molecule has 1 fully saturated rings. The fraction of sp³-hybridized carbons (Fsp3) is 0.526. The van der Waals surface area contributed by atoms with E-state index in [1.165, 1.54) is 0 Å². The van der Waals surface area contributed by atoms with Crippen molar-refractivity contribution in [3.05, 3.63) is 30.1 Å². The van der Waals surface area contributed by atoms with Crippen LogP contribution in [0.3, 0.4) is 0 Å². The summed E-state index contributed by atoms with van der Waals surface area (Å²) in [5, 5.41) is 3.10. The van der Waals surface area contributed by atoms with Crippen LogP contribution in [0.25, 0.3) is 11.0 Å².